The SMILES string of the molecule is Cc1cc(I)ccc1Nc1c(C(=O)O)cc(C(=O)O)c2c1ncn2C1CC1. The van der Waals surface area contributed by atoms with Crippen LogP contribution >= 0.6 is 22.6 Å². The molecule has 138 valence electrons. The van der Waals surface area contributed by atoms with Crippen LogP contribution in [0.15, 0.2) is 30.6 Å². The molecule has 0 radical (unpaired) electrons. The van der Waals surface area contributed by atoms with Crippen LogP contribution in [0.2, 0.25) is 0 Å². The standard InChI is InChI=1S/C19H16IN3O4/c1-9-6-10(20)2-5-14(9)22-15-12(18(24)25)7-13(19(26)27)17-16(15)21-8-23(17)11-3-4-11/h2,5-8,11,22H,3-4H2,1H3,(H,24,25)(H,26,27). The second-order valence-corrected chi connectivity index (χ2v) is 7.87. The Morgan fingerprint density at radius 1 is 1.19 bits per heavy atom. The van der Waals surface area contributed by atoms with E-state index >= 15 is 0 Å². The number of rotatable bonds is 5. The molecule has 1 fully saturated rings. The van der Waals surface area contributed by atoms with Crippen molar-refractivity contribution in [3.8, 4) is 0 Å². The molecule has 0 atom stereocenters. The highest BCUT2D eigenvalue weighted by molar-refractivity contribution is 14.1. The molecule has 1 saturated carbocycles. The number of halogens is 1. The summed E-state index contributed by atoms with van der Waals surface area (Å²) in [6.45, 7) is 1.93. The Hall–Kier alpha value is -2.62. The number of carbonyl (C=O) groups is 2. The van der Waals surface area contributed by atoms with Gasteiger partial charge in [-0.15, -0.1) is 0 Å². The van der Waals surface area contributed by atoms with Crippen molar-refractivity contribution in [3.63, 3.8) is 0 Å². The Morgan fingerprint density at radius 2 is 1.89 bits per heavy atom. The number of nitrogens with one attached hydrogen (secondary N) is 1. The van der Waals surface area contributed by atoms with Crippen molar-refractivity contribution >= 4 is 56.9 Å². The molecule has 27 heavy (non-hydrogen) atoms. The van der Waals surface area contributed by atoms with Gasteiger partial charge in [-0.2, -0.15) is 0 Å². The molecule has 3 aromatic rings. The minimum absolute atomic E-state index is 0.0447. The van der Waals surface area contributed by atoms with Crippen molar-refractivity contribution in [2.45, 2.75) is 25.8 Å². The summed E-state index contributed by atoms with van der Waals surface area (Å²) in [5, 5.41) is 22.5. The van der Waals surface area contributed by atoms with E-state index in [0.29, 0.717) is 16.7 Å². The first-order chi connectivity index (χ1) is 12.9. The van der Waals surface area contributed by atoms with Gasteiger partial charge in [0.1, 0.15) is 5.52 Å². The molecule has 0 amide bonds. The molecule has 3 N–H and O–H groups in total. The van der Waals surface area contributed by atoms with E-state index in [9.17, 15) is 19.8 Å². The Morgan fingerprint density at radius 3 is 2.48 bits per heavy atom. The maximum absolute atomic E-state index is 11.9. The number of carboxylic acids is 2. The quantitative estimate of drug-likeness (QED) is 0.470. The second-order valence-electron chi connectivity index (χ2n) is 6.62. The van der Waals surface area contributed by atoms with E-state index in [4.69, 9.17) is 0 Å². The number of hydrogen-bond donors (Lipinski definition) is 3. The monoisotopic (exact) mass is 477 g/mol. The van der Waals surface area contributed by atoms with E-state index < -0.39 is 11.9 Å². The molecular weight excluding hydrogens is 461 g/mol. The van der Waals surface area contributed by atoms with Crippen molar-refractivity contribution in [3.05, 3.63) is 50.9 Å². The molecule has 4 rings (SSSR count). The first kappa shape index (κ1) is 17.8. The molecule has 0 unspecified atom stereocenters. The molecule has 0 saturated heterocycles. The second kappa shape index (κ2) is 6.52. The van der Waals surface area contributed by atoms with Crippen LogP contribution in [0.25, 0.3) is 11.0 Å². The first-order valence-corrected chi connectivity index (χ1v) is 9.48. The van der Waals surface area contributed by atoms with Gasteiger partial charge < -0.3 is 20.1 Å². The normalized spacial score (nSPS) is 13.7. The molecule has 0 aliphatic heterocycles. The molecular formula is C19H16IN3O4. The van der Waals surface area contributed by atoms with Gasteiger partial charge in [-0.25, -0.2) is 14.6 Å². The highest BCUT2D eigenvalue weighted by atomic mass is 127. The summed E-state index contributed by atoms with van der Waals surface area (Å²) in [5.74, 6) is -2.37. The van der Waals surface area contributed by atoms with Gasteiger partial charge in [0.15, 0.2) is 0 Å². The van der Waals surface area contributed by atoms with Gasteiger partial charge in [0, 0.05) is 15.3 Å². The number of hydrogen-bond acceptors (Lipinski definition) is 4. The fourth-order valence-electron chi connectivity index (χ4n) is 3.21. The van der Waals surface area contributed by atoms with Crippen molar-refractivity contribution < 1.29 is 19.8 Å². The molecule has 2 aromatic carbocycles. The van der Waals surface area contributed by atoms with E-state index in [0.717, 1.165) is 27.7 Å². The van der Waals surface area contributed by atoms with Gasteiger partial charge in [0.05, 0.1) is 28.7 Å². The van der Waals surface area contributed by atoms with Gasteiger partial charge >= 0.3 is 11.9 Å². The topological polar surface area (TPSA) is 104 Å². The van der Waals surface area contributed by atoms with E-state index in [1.807, 2.05) is 29.7 Å². The van der Waals surface area contributed by atoms with Crippen LogP contribution in [0.1, 0.15) is 45.2 Å². The van der Waals surface area contributed by atoms with E-state index in [2.05, 4.69) is 32.9 Å². The lowest BCUT2D eigenvalue weighted by atomic mass is 10.0. The third-order valence-electron chi connectivity index (χ3n) is 4.69. The van der Waals surface area contributed by atoms with Gasteiger partial charge in [-0.05, 0) is 72.2 Å². The maximum atomic E-state index is 11.9. The summed E-state index contributed by atoms with van der Waals surface area (Å²) in [4.78, 5) is 28.0. The van der Waals surface area contributed by atoms with Gasteiger partial charge in [-0.1, -0.05) is 0 Å². The summed E-state index contributed by atoms with van der Waals surface area (Å²) in [6.07, 6.45) is 3.53. The zero-order valence-electron chi connectivity index (χ0n) is 14.4. The molecule has 7 nitrogen and oxygen atoms in total. The smallest absolute Gasteiger partial charge is 0.337 e. The third kappa shape index (κ3) is 3.14. The van der Waals surface area contributed by atoms with Gasteiger partial charge in [0.25, 0.3) is 0 Å². The molecule has 1 aliphatic carbocycles. The van der Waals surface area contributed by atoms with Crippen molar-refractivity contribution in [2.24, 2.45) is 0 Å². The van der Waals surface area contributed by atoms with Crippen LogP contribution in [0, 0.1) is 10.5 Å². The lowest BCUT2D eigenvalue weighted by molar-refractivity contribution is 0.0696. The average Bonchev–Trinajstić information content (AvgIpc) is 3.35. The van der Waals surface area contributed by atoms with Crippen LogP contribution in [0.3, 0.4) is 0 Å². The lowest BCUT2D eigenvalue weighted by Crippen LogP contribution is -2.10. The summed E-state index contributed by atoms with van der Waals surface area (Å²) in [6, 6.07) is 7.21. The summed E-state index contributed by atoms with van der Waals surface area (Å²) in [5.41, 5.74) is 2.68. The minimum atomic E-state index is -1.20. The van der Waals surface area contributed by atoms with Crippen molar-refractivity contribution in [2.75, 3.05) is 5.32 Å². The largest absolute Gasteiger partial charge is 0.478 e. The zero-order chi connectivity index (χ0) is 19.3. The average molecular weight is 477 g/mol. The van der Waals surface area contributed by atoms with Crippen LogP contribution < -0.4 is 5.32 Å². The Bertz CT molecular complexity index is 1100. The van der Waals surface area contributed by atoms with Crippen LogP contribution in [0.4, 0.5) is 11.4 Å². The maximum Gasteiger partial charge on any atom is 0.337 e. The zero-order valence-corrected chi connectivity index (χ0v) is 16.5. The third-order valence-corrected chi connectivity index (χ3v) is 5.36. The number of aromatic carboxylic acids is 2. The lowest BCUT2D eigenvalue weighted by Gasteiger charge is -2.15. The molecule has 1 heterocycles. The van der Waals surface area contributed by atoms with Gasteiger partial charge in [-0.3, -0.25) is 0 Å². The Kier molecular flexibility index (Phi) is 4.29. The first-order valence-electron chi connectivity index (χ1n) is 8.40. The molecule has 0 bridgehead atoms. The van der Waals surface area contributed by atoms with Gasteiger partial charge in [0.2, 0.25) is 0 Å². The fourth-order valence-corrected chi connectivity index (χ4v) is 3.86. The van der Waals surface area contributed by atoms with E-state index in [-0.39, 0.29) is 17.2 Å². The highest BCUT2D eigenvalue weighted by Gasteiger charge is 2.30. The summed E-state index contributed by atoms with van der Waals surface area (Å²) >= 11 is 2.21. The number of fused-ring (bicyclic) bond motifs is 1. The van der Waals surface area contributed by atoms with Crippen LogP contribution in [-0.4, -0.2) is 31.7 Å². The van der Waals surface area contributed by atoms with Crippen LogP contribution in [-0.2, 0) is 0 Å². The summed E-state index contributed by atoms with van der Waals surface area (Å²) in [7, 11) is 0. The number of imidazole rings is 1. The fraction of sp³-hybridized carbons (Fsp3) is 0.211. The Balaban J connectivity index is 1.97. The number of anilines is 2. The molecule has 8 heteroatoms. The highest BCUT2D eigenvalue weighted by Crippen LogP contribution is 2.41. The van der Waals surface area contributed by atoms with E-state index in [1.165, 1.54) is 6.07 Å². The number of aromatic nitrogens is 2. The number of carboxylic acid groups (broad SMARTS) is 2. The summed E-state index contributed by atoms with van der Waals surface area (Å²) < 4.78 is 2.91. The molecule has 0 spiro atoms. The minimum Gasteiger partial charge on any atom is -0.478 e. The van der Waals surface area contributed by atoms with Crippen molar-refractivity contribution in [1.82, 2.24) is 9.55 Å². The number of benzene rings is 2. The number of nitrogens with zero attached hydrogens (tertiary/aromatic N) is 2. The predicted octanol–water partition coefficient (Wildman–Crippen LogP) is 4.42. The van der Waals surface area contributed by atoms with Crippen molar-refractivity contribution in [1.29, 1.82) is 0 Å². The Labute approximate surface area is 168 Å². The van der Waals surface area contributed by atoms with Crippen LogP contribution in [0.5, 0.6) is 0 Å². The van der Waals surface area contributed by atoms with E-state index in [1.54, 1.807) is 6.33 Å². The predicted molar refractivity (Wildman–Crippen MR) is 109 cm³/mol. The number of aryl methyl sites for hydroxylation is 1. The molecule has 1 aromatic heterocycles. The molecule has 1 aliphatic rings.